The van der Waals surface area contributed by atoms with Crippen molar-refractivity contribution >= 4 is 17.3 Å². The minimum atomic E-state index is -4.50. The van der Waals surface area contributed by atoms with Crippen molar-refractivity contribution in [3.63, 3.8) is 0 Å². The summed E-state index contributed by atoms with van der Waals surface area (Å²) < 4.78 is 38.9. The Kier molecular flexibility index (Phi) is 4.36. The number of hydrogen-bond donors (Lipinski definition) is 1. The molecule has 0 saturated heterocycles. The third-order valence-corrected chi connectivity index (χ3v) is 6.31. The third kappa shape index (κ3) is 3.15. The van der Waals surface area contributed by atoms with Crippen molar-refractivity contribution in [3.05, 3.63) is 80.9 Å². The lowest BCUT2D eigenvalue weighted by atomic mass is 10.0. The van der Waals surface area contributed by atoms with E-state index in [0.29, 0.717) is 36.2 Å². The second kappa shape index (κ2) is 6.84. The Hall–Kier alpha value is -2.87. The van der Waals surface area contributed by atoms with Gasteiger partial charge in [0.1, 0.15) is 5.02 Å². The van der Waals surface area contributed by atoms with Crippen molar-refractivity contribution in [2.24, 2.45) is 11.8 Å². The lowest BCUT2D eigenvalue weighted by Gasteiger charge is -2.12. The van der Waals surface area contributed by atoms with Gasteiger partial charge in [-0.05, 0) is 47.4 Å². The van der Waals surface area contributed by atoms with Crippen molar-refractivity contribution in [1.82, 2.24) is 14.8 Å². The first-order valence-corrected chi connectivity index (χ1v) is 9.85. The highest BCUT2D eigenvalue weighted by atomic mass is 35.5. The quantitative estimate of drug-likeness (QED) is 0.668. The van der Waals surface area contributed by atoms with Gasteiger partial charge in [0.05, 0.1) is 17.4 Å². The molecule has 0 aliphatic heterocycles. The Bertz CT molecular complexity index is 1180. The maximum absolute atomic E-state index is 12.7. The first-order valence-electron chi connectivity index (χ1n) is 9.47. The molecular formula is C21H16ClF3N4O. The Morgan fingerprint density at radius 1 is 1.17 bits per heavy atom. The van der Waals surface area contributed by atoms with Crippen LogP contribution in [0, 0.1) is 11.8 Å². The Morgan fingerprint density at radius 3 is 2.70 bits per heavy atom. The Balaban J connectivity index is 1.31. The average molecular weight is 433 g/mol. The van der Waals surface area contributed by atoms with Gasteiger partial charge in [0.25, 0.3) is 5.56 Å². The molecule has 2 aliphatic rings. The number of halogens is 4. The highest BCUT2D eigenvalue weighted by molar-refractivity contribution is 6.32. The van der Waals surface area contributed by atoms with Crippen LogP contribution in [-0.2, 0) is 12.6 Å². The van der Waals surface area contributed by atoms with Gasteiger partial charge in [0, 0.05) is 12.7 Å². The predicted octanol–water partition coefficient (Wildman–Crippen LogP) is 4.30. The standard InChI is InChI=1S/C21H16ClF3N4O/c22-19-16(26-9-15-14-7-11-3-1-2-4-13(11)18(14)15)10-28-29(20(19)30)17-6-5-12(8-27-17)21(23,24)25/h1-6,8,10,14-15,18,26H,7,9H2. The van der Waals surface area contributed by atoms with Crippen LogP contribution in [0.5, 0.6) is 0 Å². The van der Waals surface area contributed by atoms with Crippen LogP contribution in [0.3, 0.4) is 0 Å². The SMILES string of the molecule is O=c1c(Cl)c(NCC2C3Cc4ccccc4C23)cnn1-c1ccc(C(F)(F)F)cn1. The van der Waals surface area contributed by atoms with E-state index in [-0.39, 0.29) is 10.8 Å². The summed E-state index contributed by atoms with van der Waals surface area (Å²) in [5, 5.41) is 7.16. The summed E-state index contributed by atoms with van der Waals surface area (Å²) in [6.45, 7) is 0.674. The van der Waals surface area contributed by atoms with Crippen LogP contribution < -0.4 is 10.9 Å². The number of aromatic nitrogens is 3. The average Bonchev–Trinajstić information content (AvgIpc) is 3.26. The zero-order chi connectivity index (χ0) is 21.0. The van der Waals surface area contributed by atoms with Crippen LogP contribution in [0.25, 0.3) is 5.82 Å². The van der Waals surface area contributed by atoms with Gasteiger partial charge in [-0.1, -0.05) is 35.9 Å². The number of anilines is 1. The van der Waals surface area contributed by atoms with Crippen molar-refractivity contribution in [2.45, 2.75) is 18.5 Å². The summed E-state index contributed by atoms with van der Waals surface area (Å²) in [4.78, 5) is 16.3. The summed E-state index contributed by atoms with van der Waals surface area (Å²) in [6, 6.07) is 10.4. The first-order chi connectivity index (χ1) is 14.3. The summed E-state index contributed by atoms with van der Waals surface area (Å²) in [5.41, 5.74) is 1.68. The maximum atomic E-state index is 12.7. The molecule has 1 aromatic carbocycles. The number of nitrogens with one attached hydrogen (secondary N) is 1. The van der Waals surface area contributed by atoms with Gasteiger partial charge >= 0.3 is 6.18 Å². The molecule has 154 valence electrons. The Morgan fingerprint density at radius 2 is 1.97 bits per heavy atom. The third-order valence-electron chi connectivity index (χ3n) is 5.94. The normalized spacial score (nSPS) is 21.8. The van der Waals surface area contributed by atoms with Crippen LogP contribution in [0.4, 0.5) is 18.9 Å². The van der Waals surface area contributed by atoms with E-state index in [1.807, 2.05) is 0 Å². The number of fused-ring (bicyclic) bond motifs is 3. The molecule has 1 fully saturated rings. The zero-order valence-electron chi connectivity index (χ0n) is 15.5. The van der Waals surface area contributed by atoms with E-state index in [1.54, 1.807) is 0 Å². The van der Waals surface area contributed by atoms with Gasteiger partial charge < -0.3 is 5.32 Å². The summed E-state index contributed by atoms with van der Waals surface area (Å²) in [5.74, 6) is 1.60. The highest BCUT2D eigenvalue weighted by Crippen LogP contribution is 2.61. The molecular weight excluding hydrogens is 417 g/mol. The predicted molar refractivity (Wildman–Crippen MR) is 106 cm³/mol. The number of nitrogens with zero attached hydrogens (tertiary/aromatic N) is 3. The molecule has 0 amide bonds. The van der Waals surface area contributed by atoms with Crippen LogP contribution >= 0.6 is 11.6 Å². The highest BCUT2D eigenvalue weighted by Gasteiger charge is 2.54. The minimum absolute atomic E-state index is 0.0326. The fourth-order valence-corrected chi connectivity index (χ4v) is 4.58. The largest absolute Gasteiger partial charge is 0.417 e. The van der Waals surface area contributed by atoms with E-state index >= 15 is 0 Å². The van der Waals surface area contributed by atoms with E-state index in [0.717, 1.165) is 23.2 Å². The molecule has 5 nitrogen and oxygen atoms in total. The van der Waals surface area contributed by atoms with Crippen LogP contribution in [0.15, 0.2) is 53.6 Å². The van der Waals surface area contributed by atoms with Gasteiger partial charge in [0.2, 0.25) is 0 Å². The number of pyridine rings is 1. The molecule has 1 N–H and O–H groups in total. The van der Waals surface area contributed by atoms with Gasteiger partial charge in [-0.25, -0.2) is 4.98 Å². The molecule has 3 unspecified atom stereocenters. The molecule has 30 heavy (non-hydrogen) atoms. The lowest BCUT2D eigenvalue weighted by Crippen LogP contribution is -2.24. The summed E-state index contributed by atoms with van der Waals surface area (Å²) >= 11 is 6.21. The second-order valence-electron chi connectivity index (χ2n) is 7.63. The number of benzene rings is 1. The fourth-order valence-electron chi connectivity index (χ4n) is 4.39. The lowest BCUT2D eigenvalue weighted by molar-refractivity contribution is -0.137. The number of rotatable bonds is 4. The molecule has 2 aliphatic carbocycles. The first kappa shape index (κ1) is 19.1. The molecule has 0 radical (unpaired) electrons. The topological polar surface area (TPSA) is 59.8 Å². The van der Waals surface area contributed by atoms with Gasteiger partial charge in [0.15, 0.2) is 5.82 Å². The van der Waals surface area contributed by atoms with Crippen molar-refractivity contribution < 1.29 is 13.2 Å². The minimum Gasteiger partial charge on any atom is -0.382 e. The van der Waals surface area contributed by atoms with Crippen LogP contribution in [0.1, 0.15) is 22.6 Å². The van der Waals surface area contributed by atoms with Gasteiger partial charge in [-0.15, -0.1) is 0 Å². The van der Waals surface area contributed by atoms with Gasteiger partial charge in [-0.2, -0.15) is 23.0 Å². The van der Waals surface area contributed by atoms with E-state index < -0.39 is 17.3 Å². The molecule has 1 saturated carbocycles. The van der Waals surface area contributed by atoms with E-state index in [9.17, 15) is 18.0 Å². The number of alkyl halides is 3. The zero-order valence-corrected chi connectivity index (χ0v) is 16.3. The van der Waals surface area contributed by atoms with Crippen molar-refractivity contribution in [1.29, 1.82) is 0 Å². The molecule has 2 aromatic heterocycles. The monoisotopic (exact) mass is 432 g/mol. The number of hydrogen-bond acceptors (Lipinski definition) is 4. The molecule has 9 heteroatoms. The van der Waals surface area contributed by atoms with E-state index in [1.165, 1.54) is 17.3 Å². The summed E-state index contributed by atoms with van der Waals surface area (Å²) in [7, 11) is 0. The molecule has 2 heterocycles. The van der Waals surface area contributed by atoms with E-state index in [2.05, 4.69) is 39.7 Å². The van der Waals surface area contributed by atoms with Crippen LogP contribution in [0.2, 0.25) is 5.02 Å². The fraction of sp³-hybridized carbons (Fsp3) is 0.286. The molecule has 3 atom stereocenters. The van der Waals surface area contributed by atoms with Crippen LogP contribution in [-0.4, -0.2) is 21.3 Å². The smallest absolute Gasteiger partial charge is 0.382 e. The molecule has 3 aromatic rings. The molecule has 0 spiro atoms. The van der Waals surface area contributed by atoms with E-state index in [4.69, 9.17) is 11.6 Å². The van der Waals surface area contributed by atoms with Gasteiger partial charge in [-0.3, -0.25) is 4.79 Å². The second-order valence-corrected chi connectivity index (χ2v) is 8.01. The molecule has 0 bridgehead atoms. The van der Waals surface area contributed by atoms with Crippen molar-refractivity contribution in [2.75, 3.05) is 11.9 Å². The summed E-state index contributed by atoms with van der Waals surface area (Å²) in [6.07, 6.45) is -1.38. The maximum Gasteiger partial charge on any atom is 0.417 e. The molecule has 5 rings (SSSR count). The van der Waals surface area contributed by atoms with Crippen molar-refractivity contribution in [3.8, 4) is 5.82 Å². The Labute approximate surface area is 174 Å².